The van der Waals surface area contributed by atoms with Gasteiger partial charge in [0.15, 0.2) is 0 Å². The van der Waals surface area contributed by atoms with Crippen LogP contribution in [0.1, 0.15) is 32.0 Å². The Morgan fingerprint density at radius 1 is 1.71 bits per heavy atom. The van der Waals surface area contributed by atoms with Crippen LogP contribution in [0.4, 0.5) is 0 Å². The minimum atomic E-state index is -0.613. The lowest BCUT2D eigenvalue weighted by Crippen LogP contribution is -2.54. The van der Waals surface area contributed by atoms with Crippen molar-refractivity contribution in [3.8, 4) is 0 Å². The van der Waals surface area contributed by atoms with E-state index in [1.165, 1.54) is 0 Å². The van der Waals surface area contributed by atoms with E-state index < -0.39 is 5.54 Å². The van der Waals surface area contributed by atoms with Crippen molar-refractivity contribution in [1.82, 2.24) is 14.9 Å². The molecule has 1 atom stereocenters. The maximum absolute atomic E-state index is 11.6. The molecule has 1 aliphatic carbocycles. The van der Waals surface area contributed by atoms with E-state index in [-0.39, 0.29) is 5.91 Å². The average molecular weight is 236 g/mol. The van der Waals surface area contributed by atoms with Gasteiger partial charge in [-0.2, -0.15) is 0 Å². The summed E-state index contributed by atoms with van der Waals surface area (Å²) in [5, 5.41) is 3.34. The monoisotopic (exact) mass is 236 g/mol. The first-order valence-corrected chi connectivity index (χ1v) is 6.06. The molecule has 1 aromatic rings. The van der Waals surface area contributed by atoms with Crippen LogP contribution in [0.25, 0.3) is 0 Å². The third-order valence-electron chi connectivity index (χ3n) is 3.42. The Balaban J connectivity index is 1.97. The second-order valence-electron chi connectivity index (χ2n) is 5.03. The first-order chi connectivity index (χ1) is 8.01. The number of rotatable bonds is 6. The summed E-state index contributed by atoms with van der Waals surface area (Å²) in [6, 6.07) is 0.469. The predicted molar refractivity (Wildman–Crippen MR) is 65.3 cm³/mol. The SMILES string of the molecule is Cc1nccn1CCC(C)(NC1CC1)C(N)=O. The Labute approximate surface area is 101 Å². The topological polar surface area (TPSA) is 72.9 Å². The van der Waals surface area contributed by atoms with Crippen LogP contribution in [-0.2, 0) is 11.3 Å². The van der Waals surface area contributed by atoms with E-state index in [1.54, 1.807) is 6.20 Å². The number of carbonyl (C=O) groups excluding carboxylic acids is 1. The molecule has 1 heterocycles. The zero-order chi connectivity index (χ0) is 12.5. The molecule has 1 unspecified atom stereocenters. The number of nitrogens with two attached hydrogens (primary N) is 1. The number of aryl methyl sites for hydroxylation is 2. The number of nitrogens with zero attached hydrogens (tertiary/aromatic N) is 2. The Morgan fingerprint density at radius 3 is 2.88 bits per heavy atom. The van der Waals surface area contributed by atoms with Gasteiger partial charge in [-0.15, -0.1) is 0 Å². The molecule has 5 heteroatoms. The van der Waals surface area contributed by atoms with Crippen LogP contribution in [0.3, 0.4) is 0 Å². The highest BCUT2D eigenvalue weighted by Crippen LogP contribution is 2.24. The van der Waals surface area contributed by atoms with Gasteiger partial charge in [0.05, 0.1) is 5.54 Å². The maximum Gasteiger partial charge on any atom is 0.237 e. The summed E-state index contributed by atoms with van der Waals surface area (Å²) in [5.74, 6) is 0.686. The third-order valence-corrected chi connectivity index (χ3v) is 3.42. The molecule has 1 amide bonds. The lowest BCUT2D eigenvalue weighted by molar-refractivity contribution is -0.124. The molecule has 0 aliphatic heterocycles. The molecule has 0 bridgehead atoms. The summed E-state index contributed by atoms with van der Waals surface area (Å²) in [7, 11) is 0. The molecule has 2 rings (SSSR count). The molecule has 5 nitrogen and oxygen atoms in total. The average Bonchev–Trinajstić information content (AvgIpc) is 2.97. The molecule has 0 aromatic carbocycles. The summed E-state index contributed by atoms with van der Waals surface area (Å²) in [6.45, 7) is 4.60. The summed E-state index contributed by atoms with van der Waals surface area (Å²) in [6.07, 6.45) is 6.68. The first kappa shape index (κ1) is 12.1. The smallest absolute Gasteiger partial charge is 0.237 e. The summed E-state index contributed by atoms with van der Waals surface area (Å²) >= 11 is 0. The molecule has 17 heavy (non-hydrogen) atoms. The zero-order valence-electron chi connectivity index (χ0n) is 10.4. The Hall–Kier alpha value is -1.36. The minimum absolute atomic E-state index is 0.276. The molecule has 94 valence electrons. The molecule has 1 saturated carbocycles. The quantitative estimate of drug-likeness (QED) is 0.758. The molecular formula is C12H20N4O. The van der Waals surface area contributed by atoms with Crippen LogP contribution in [-0.4, -0.2) is 27.0 Å². The fraction of sp³-hybridized carbons (Fsp3) is 0.667. The number of hydrogen-bond acceptors (Lipinski definition) is 3. The van der Waals surface area contributed by atoms with Crippen LogP contribution >= 0.6 is 0 Å². The van der Waals surface area contributed by atoms with Gasteiger partial charge in [0.1, 0.15) is 5.82 Å². The number of aromatic nitrogens is 2. The largest absolute Gasteiger partial charge is 0.368 e. The number of amides is 1. The number of nitrogens with one attached hydrogen (secondary N) is 1. The number of carbonyl (C=O) groups is 1. The lowest BCUT2D eigenvalue weighted by atomic mass is 9.96. The van der Waals surface area contributed by atoms with Gasteiger partial charge in [0.2, 0.25) is 5.91 Å². The van der Waals surface area contributed by atoms with Gasteiger partial charge in [0.25, 0.3) is 0 Å². The van der Waals surface area contributed by atoms with Crippen molar-refractivity contribution in [2.24, 2.45) is 5.73 Å². The highest BCUT2D eigenvalue weighted by molar-refractivity contribution is 5.84. The van der Waals surface area contributed by atoms with Crippen molar-refractivity contribution in [1.29, 1.82) is 0 Å². The normalized spacial score (nSPS) is 18.9. The fourth-order valence-corrected chi connectivity index (χ4v) is 1.93. The lowest BCUT2D eigenvalue weighted by Gasteiger charge is -2.28. The number of primary amides is 1. The standard InChI is InChI=1S/C12H20N4O/c1-9-14-6-8-16(9)7-5-12(2,11(13)17)15-10-3-4-10/h6,8,10,15H,3-5,7H2,1-2H3,(H2,13,17). The van der Waals surface area contributed by atoms with Crippen LogP contribution in [0.5, 0.6) is 0 Å². The molecule has 3 N–H and O–H groups in total. The van der Waals surface area contributed by atoms with Gasteiger partial charge in [-0.25, -0.2) is 4.98 Å². The maximum atomic E-state index is 11.6. The van der Waals surface area contributed by atoms with Crippen LogP contribution < -0.4 is 11.1 Å². The van der Waals surface area contributed by atoms with E-state index in [1.807, 2.05) is 24.6 Å². The zero-order valence-corrected chi connectivity index (χ0v) is 10.4. The summed E-state index contributed by atoms with van der Waals surface area (Å²) in [4.78, 5) is 15.7. The molecule has 1 fully saturated rings. The summed E-state index contributed by atoms with van der Waals surface area (Å²) < 4.78 is 2.04. The van der Waals surface area contributed by atoms with Crippen LogP contribution in [0.2, 0.25) is 0 Å². The molecule has 0 radical (unpaired) electrons. The van der Waals surface area contributed by atoms with Crippen LogP contribution in [0.15, 0.2) is 12.4 Å². The van der Waals surface area contributed by atoms with E-state index in [4.69, 9.17) is 5.73 Å². The third kappa shape index (κ3) is 2.85. The highest BCUT2D eigenvalue weighted by atomic mass is 16.1. The van der Waals surface area contributed by atoms with E-state index in [9.17, 15) is 4.79 Å². The van der Waals surface area contributed by atoms with Crippen LogP contribution in [0, 0.1) is 6.92 Å². The van der Waals surface area contributed by atoms with Gasteiger partial charge in [-0.1, -0.05) is 0 Å². The van der Waals surface area contributed by atoms with E-state index >= 15 is 0 Å². The minimum Gasteiger partial charge on any atom is -0.368 e. The predicted octanol–water partition coefficient (Wildman–Crippen LogP) is 0.578. The van der Waals surface area contributed by atoms with Gasteiger partial charge in [-0.3, -0.25) is 4.79 Å². The Kier molecular flexibility index (Phi) is 3.19. The van der Waals surface area contributed by atoms with Gasteiger partial charge in [0, 0.05) is 25.0 Å². The fourth-order valence-electron chi connectivity index (χ4n) is 1.93. The van der Waals surface area contributed by atoms with Gasteiger partial charge < -0.3 is 15.6 Å². The van der Waals surface area contributed by atoms with Gasteiger partial charge >= 0.3 is 0 Å². The van der Waals surface area contributed by atoms with Crippen molar-refractivity contribution in [2.45, 2.75) is 51.2 Å². The Morgan fingerprint density at radius 2 is 2.41 bits per heavy atom. The second kappa shape index (κ2) is 4.49. The van der Waals surface area contributed by atoms with Crippen molar-refractivity contribution in [3.05, 3.63) is 18.2 Å². The van der Waals surface area contributed by atoms with E-state index in [0.29, 0.717) is 12.5 Å². The van der Waals surface area contributed by atoms with Gasteiger partial charge in [-0.05, 0) is 33.1 Å². The van der Waals surface area contributed by atoms with Crippen molar-refractivity contribution in [2.75, 3.05) is 0 Å². The molecule has 1 aliphatic rings. The molecule has 1 aromatic heterocycles. The molecule has 0 spiro atoms. The summed E-state index contributed by atoms with van der Waals surface area (Å²) in [5.41, 5.74) is 4.89. The van der Waals surface area contributed by atoms with Crippen molar-refractivity contribution >= 4 is 5.91 Å². The number of imidazole rings is 1. The molecule has 0 saturated heterocycles. The van der Waals surface area contributed by atoms with E-state index in [2.05, 4.69) is 10.3 Å². The van der Waals surface area contributed by atoms with E-state index in [0.717, 1.165) is 25.2 Å². The van der Waals surface area contributed by atoms with Crippen molar-refractivity contribution < 1.29 is 4.79 Å². The molecular weight excluding hydrogens is 216 g/mol. The first-order valence-electron chi connectivity index (χ1n) is 6.06. The second-order valence-corrected chi connectivity index (χ2v) is 5.03. The Bertz CT molecular complexity index is 410. The highest BCUT2D eigenvalue weighted by Gasteiger charge is 2.36. The van der Waals surface area contributed by atoms with Crippen molar-refractivity contribution in [3.63, 3.8) is 0 Å². The number of hydrogen-bond donors (Lipinski definition) is 2.